The van der Waals surface area contributed by atoms with E-state index in [4.69, 9.17) is 14.7 Å². The Morgan fingerprint density at radius 3 is 2.69 bits per heavy atom. The zero-order valence-electron chi connectivity index (χ0n) is 16.8. The van der Waals surface area contributed by atoms with E-state index >= 15 is 0 Å². The number of nitrogens with two attached hydrogens (primary N) is 1. The summed E-state index contributed by atoms with van der Waals surface area (Å²) in [4.78, 5) is 19.0. The van der Waals surface area contributed by atoms with E-state index in [1.807, 2.05) is 43.3 Å². The predicted molar refractivity (Wildman–Crippen MR) is 110 cm³/mol. The van der Waals surface area contributed by atoms with E-state index in [1.54, 1.807) is 11.2 Å². The van der Waals surface area contributed by atoms with Crippen molar-refractivity contribution in [3.05, 3.63) is 59.9 Å². The summed E-state index contributed by atoms with van der Waals surface area (Å²) < 4.78 is 10.8. The summed E-state index contributed by atoms with van der Waals surface area (Å²) in [5.74, 6) is 1.93. The van der Waals surface area contributed by atoms with Crippen molar-refractivity contribution in [3.8, 4) is 11.4 Å². The summed E-state index contributed by atoms with van der Waals surface area (Å²) in [6.07, 6.45) is 5.34. The van der Waals surface area contributed by atoms with Crippen molar-refractivity contribution in [1.29, 1.82) is 0 Å². The smallest absolute Gasteiger partial charge is 0.228 e. The molecule has 3 rings (SSSR count). The largest absolute Gasteiger partial charge is 0.467 e. The molecule has 1 amide bonds. The fourth-order valence-electron chi connectivity index (χ4n) is 3.04. The molecule has 0 bridgehead atoms. The van der Waals surface area contributed by atoms with Crippen LogP contribution in [0.1, 0.15) is 42.9 Å². The summed E-state index contributed by atoms with van der Waals surface area (Å²) >= 11 is 0. The summed E-state index contributed by atoms with van der Waals surface area (Å²) in [6.45, 7) is 3.62. The van der Waals surface area contributed by atoms with E-state index < -0.39 is 0 Å². The van der Waals surface area contributed by atoms with Crippen LogP contribution in [-0.2, 0) is 17.8 Å². The highest BCUT2D eigenvalue weighted by Gasteiger charge is 2.17. The Morgan fingerprint density at radius 1 is 1.14 bits per heavy atom. The normalized spacial score (nSPS) is 11.0. The lowest BCUT2D eigenvalue weighted by Gasteiger charge is -2.21. The molecule has 0 aliphatic carbocycles. The third-order valence-corrected chi connectivity index (χ3v) is 4.75. The third kappa shape index (κ3) is 6.29. The van der Waals surface area contributed by atoms with Crippen LogP contribution in [0.2, 0.25) is 0 Å². The molecule has 7 nitrogen and oxygen atoms in total. The summed E-state index contributed by atoms with van der Waals surface area (Å²) in [5.41, 5.74) is 7.62. The molecule has 29 heavy (non-hydrogen) atoms. The highest BCUT2D eigenvalue weighted by atomic mass is 16.5. The van der Waals surface area contributed by atoms with Crippen LogP contribution in [0, 0.1) is 6.92 Å². The minimum atomic E-state index is 0.0942. The molecule has 0 aliphatic rings. The van der Waals surface area contributed by atoms with Gasteiger partial charge >= 0.3 is 0 Å². The SMILES string of the molecule is Cc1ccc(-c2noc(CCN(Cc3ccco3)C(=O)CCCCCN)n2)cc1. The number of carbonyl (C=O) groups is 1. The highest BCUT2D eigenvalue weighted by molar-refractivity contribution is 5.76. The van der Waals surface area contributed by atoms with Crippen molar-refractivity contribution in [2.45, 2.75) is 45.6 Å². The van der Waals surface area contributed by atoms with Crippen molar-refractivity contribution >= 4 is 5.91 Å². The first-order chi connectivity index (χ1) is 14.2. The minimum absolute atomic E-state index is 0.0942. The quantitative estimate of drug-likeness (QED) is 0.496. The number of carbonyl (C=O) groups excluding carboxylic acids is 1. The Labute approximate surface area is 170 Å². The summed E-state index contributed by atoms with van der Waals surface area (Å²) in [7, 11) is 0. The number of benzene rings is 1. The fourth-order valence-corrected chi connectivity index (χ4v) is 3.04. The molecule has 0 saturated heterocycles. The second-order valence-electron chi connectivity index (χ2n) is 7.12. The van der Waals surface area contributed by atoms with Gasteiger partial charge in [0.1, 0.15) is 5.76 Å². The monoisotopic (exact) mass is 396 g/mol. The van der Waals surface area contributed by atoms with Crippen LogP contribution in [0.3, 0.4) is 0 Å². The van der Waals surface area contributed by atoms with Crippen molar-refractivity contribution in [3.63, 3.8) is 0 Å². The molecule has 0 aliphatic heterocycles. The second-order valence-corrected chi connectivity index (χ2v) is 7.12. The first kappa shape index (κ1) is 20.8. The molecule has 2 aromatic heterocycles. The molecule has 0 unspecified atom stereocenters. The Bertz CT molecular complexity index is 872. The minimum Gasteiger partial charge on any atom is -0.467 e. The van der Waals surface area contributed by atoms with Crippen molar-refractivity contribution in [1.82, 2.24) is 15.0 Å². The van der Waals surface area contributed by atoms with Gasteiger partial charge in [-0.05, 0) is 38.4 Å². The number of unbranched alkanes of at least 4 members (excludes halogenated alkanes) is 2. The van der Waals surface area contributed by atoms with E-state index in [9.17, 15) is 4.79 Å². The van der Waals surface area contributed by atoms with Gasteiger partial charge in [-0.3, -0.25) is 4.79 Å². The lowest BCUT2D eigenvalue weighted by molar-refractivity contribution is -0.132. The predicted octanol–water partition coefficient (Wildman–Crippen LogP) is 3.73. The number of furan rings is 1. The van der Waals surface area contributed by atoms with E-state index in [0.29, 0.717) is 44.2 Å². The van der Waals surface area contributed by atoms with Crippen molar-refractivity contribution in [2.24, 2.45) is 5.73 Å². The van der Waals surface area contributed by atoms with Gasteiger partial charge in [-0.15, -0.1) is 0 Å². The van der Waals surface area contributed by atoms with Gasteiger partial charge in [-0.1, -0.05) is 41.4 Å². The molecule has 154 valence electrons. The Morgan fingerprint density at radius 2 is 1.97 bits per heavy atom. The van der Waals surface area contributed by atoms with Crippen LogP contribution in [0.15, 0.2) is 51.6 Å². The second kappa shape index (κ2) is 10.6. The summed E-state index contributed by atoms with van der Waals surface area (Å²) in [5, 5.41) is 4.06. The number of amides is 1. The molecule has 1 aromatic carbocycles. The molecule has 0 spiro atoms. The lowest BCUT2D eigenvalue weighted by Crippen LogP contribution is -2.32. The number of aromatic nitrogens is 2. The van der Waals surface area contributed by atoms with Gasteiger partial charge in [0.05, 0.1) is 12.8 Å². The van der Waals surface area contributed by atoms with Crippen molar-refractivity contribution < 1.29 is 13.7 Å². The van der Waals surface area contributed by atoms with E-state index in [1.165, 1.54) is 5.56 Å². The van der Waals surface area contributed by atoms with Crippen LogP contribution in [0.4, 0.5) is 0 Å². The first-order valence-electron chi connectivity index (χ1n) is 10.1. The number of nitrogens with zero attached hydrogens (tertiary/aromatic N) is 3. The molecule has 3 aromatic rings. The number of aryl methyl sites for hydroxylation is 1. The molecule has 0 fully saturated rings. The molecular formula is C22H28N4O3. The van der Waals surface area contributed by atoms with Crippen LogP contribution in [0.5, 0.6) is 0 Å². The number of hydrogen-bond acceptors (Lipinski definition) is 6. The fraction of sp³-hybridized carbons (Fsp3) is 0.409. The van der Waals surface area contributed by atoms with Gasteiger partial charge in [0.15, 0.2) is 0 Å². The van der Waals surface area contributed by atoms with Crippen LogP contribution < -0.4 is 5.73 Å². The van der Waals surface area contributed by atoms with Crippen LogP contribution >= 0.6 is 0 Å². The van der Waals surface area contributed by atoms with Gasteiger partial charge in [0.25, 0.3) is 0 Å². The van der Waals surface area contributed by atoms with Gasteiger partial charge in [0.2, 0.25) is 17.6 Å². The molecule has 0 radical (unpaired) electrons. The average molecular weight is 396 g/mol. The first-order valence-corrected chi connectivity index (χ1v) is 10.1. The van der Waals surface area contributed by atoms with E-state index in [2.05, 4.69) is 10.1 Å². The van der Waals surface area contributed by atoms with Crippen LogP contribution in [-0.4, -0.2) is 34.0 Å². The maximum Gasteiger partial charge on any atom is 0.228 e. The average Bonchev–Trinajstić information content (AvgIpc) is 3.41. The third-order valence-electron chi connectivity index (χ3n) is 4.75. The Hall–Kier alpha value is -2.93. The van der Waals surface area contributed by atoms with Crippen molar-refractivity contribution in [2.75, 3.05) is 13.1 Å². The number of rotatable bonds is 11. The molecule has 0 atom stereocenters. The Kier molecular flexibility index (Phi) is 7.58. The number of hydrogen-bond donors (Lipinski definition) is 1. The lowest BCUT2D eigenvalue weighted by atomic mass is 10.1. The van der Waals surface area contributed by atoms with E-state index in [0.717, 1.165) is 30.6 Å². The van der Waals surface area contributed by atoms with Gasteiger partial charge < -0.3 is 19.6 Å². The van der Waals surface area contributed by atoms with E-state index in [-0.39, 0.29) is 5.91 Å². The van der Waals surface area contributed by atoms with Gasteiger partial charge in [0, 0.05) is 24.9 Å². The van der Waals surface area contributed by atoms with Gasteiger partial charge in [-0.2, -0.15) is 4.98 Å². The zero-order valence-corrected chi connectivity index (χ0v) is 16.8. The molecule has 7 heteroatoms. The topological polar surface area (TPSA) is 98.4 Å². The molecule has 2 N–H and O–H groups in total. The van der Waals surface area contributed by atoms with Crippen LogP contribution in [0.25, 0.3) is 11.4 Å². The van der Waals surface area contributed by atoms with Gasteiger partial charge in [-0.25, -0.2) is 0 Å². The maximum absolute atomic E-state index is 12.7. The Balaban J connectivity index is 1.60. The molecular weight excluding hydrogens is 368 g/mol. The molecule has 0 saturated carbocycles. The standard InChI is InChI=1S/C22H28N4O3/c1-17-8-10-18(11-9-17)22-24-20(29-25-22)12-14-26(16-19-6-5-15-28-19)21(27)7-3-2-4-13-23/h5-6,8-11,15H,2-4,7,12-14,16,23H2,1H3. The summed E-state index contributed by atoms with van der Waals surface area (Å²) in [6, 6.07) is 11.7. The zero-order chi connectivity index (χ0) is 20.5. The molecule has 2 heterocycles. The maximum atomic E-state index is 12.7. The highest BCUT2D eigenvalue weighted by Crippen LogP contribution is 2.17.